The second-order valence-corrected chi connectivity index (χ2v) is 9.06. The van der Waals surface area contributed by atoms with E-state index in [-0.39, 0.29) is 29.9 Å². The fourth-order valence-electron chi connectivity index (χ4n) is 2.75. The standard InChI is InChI=1S/C19H20ClFN2O2S2/c1-2-3-4-14-8-16-19(27-14)26-11-18(25)23(16)10-17(24)22-9-12-5-6-13(21)7-15(12)20/h5-8H,2-4,9-11H2,1H3,(H,22,24). The fraction of sp³-hybridized carbons (Fsp3) is 0.368. The van der Waals surface area contributed by atoms with E-state index in [9.17, 15) is 14.0 Å². The summed E-state index contributed by atoms with van der Waals surface area (Å²) in [6.45, 7) is 2.30. The van der Waals surface area contributed by atoms with E-state index in [2.05, 4.69) is 12.2 Å². The number of nitrogens with zero attached hydrogens (tertiary/aromatic N) is 1. The molecule has 2 aromatic rings. The number of thiophene rings is 1. The molecule has 1 N–H and O–H groups in total. The Morgan fingerprint density at radius 1 is 1.37 bits per heavy atom. The summed E-state index contributed by atoms with van der Waals surface area (Å²) in [5, 5.41) is 3.02. The van der Waals surface area contributed by atoms with Crippen molar-refractivity contribution in [2.75, 3.05) is 17.2 Å². The maximum absolute atomic E-state index is 13.1. The molecule has 0 radical (unpaired) electrons. The molecule has 1 aliphatic rings. The van der Waals surface area contributed by atoms with Crippen LogP contribution in [0.4, 0.5) is 10.1 Å². The van der Waals surface area contributed by atoms with Crippen LogP contribution in [0.2, 0.25) is 5.02 Å². The van der Waals surface area contributed by atoms with Crippen molar-refractivity contribution in [1.29, 1.82) is 0 Å². The fourth-order valence-corrected chi connectivity index (χ4v) is 5.37. The highest BCUT2D eigenvalue weighted by Gasteiger charge is 2.28. The first-order valence-electron chi connectivity index (χ1n) is 8.74. The summed E-state index contributed by atoms with van der Waals surface area (Å²) in [4.78, 5) is 27.5. The van der Waals surface area contributed by atoms with Crippen molar-refractivity contribution in [1.82, 2.24) is 5.32 Å². The van der Waals surface area contributed by atoms with Crippen LogP contribution >= 0.6 is 34.7 Å². The summed E-state index contributed by atoms with van der Waals surface area (Å²) in [6.07, 6.45) is 3.22. The molecule has 4 nitrogen and oxygen atoms in total. The smallest absolute Gasteiger partial charge is 0.240 e. The number of carbonyl (C=O) groups excluding carboxylic acids is 2. The Bertz CT molecular complexity index is 856. The number of unbranched alkanes of at least 4 members (excludes halogenated alkanes) is 1. The highest BCUT2D eigenvalue weighted by Crippen LogP contribution is 2.42. The van der Waals surface area contributed by atoms with Gasteiger partial charge in [-0.25, -0.2) is 4.39 Å². The van der Waals surface area contributed by atoms with Crippen LogP contribution in [0.1, 0.15) is 30.2 Å². The molecule has 8 heteroatoms. The van der Waals surface area contributed by atoms with Gasteiger partial charge in [0.1, 0.15) is 12.4 Å². The van der Waals surface area contributed by atoms with Crippen LogP contribution in [-0.4, -0.2) is 24.1 Å². The number of rotatable bonds is 7. The zero-order valence-electron chi connectivity index (χ0n) is 14.9. The van der Waals surface area contributed by atoms with Gasteiger partial charge in [-0.1, -0.05) is 31.0 Å². The van der Waals surface area contributed by atoms with Crippen molar-refractivity contribution in [3.05, 3.63) is 45.5 Å². The summed E-state index contributed by atoms with van der Waals surface area (Å²) in [6, 6.07) is 6.08. The van der Waals surface area contributed by atoms with Gasteiger partial charge in [0, 0.05) is 16.4 Å². The number of hydrogen-bond donors (Lipinski definition) is 1. The van der Waals surface area contributed by atoms with Crippen LogP contribution in [0.25, 0.3) is 0 Å². The first kappa shape index (κ1) is 20.2. The molecule has 0 aliphatic carbocycles. The van der Waals surface area contributed by atoms with Crippen LogP contribution < -0.4 is 10.2 Å². The number of amides is 2. The molecule has 0 saturated carbocycles. The minimum atomic E-state index is -0.421. The van der Waals surface area contributed by atoms with Crippen LogP contribution in [-0.2, 0) is 22.6 Å². The molecule has 27 heavy (non-hydrogen) atoms. The zero-order valence-corrected chi connectivity index (χ0v) is 17.3. The molecule has 0 saturated heterocycles. The number of benzene rings is 1. The molecular weight excluding hydrogens is 407 g/mol. The average Bonchev–Trinajstić information content (AvgIpc) is 3.05. The molecule has 0 atom stereocenters. The van der Waals surface area contributed by atoms with Crippen molar-refractivity contribution in [3.63, 3.8) is 0 Å². The van der Waals surface area contributed by atoms with E-state index in [4.69, 9.17) is 11.6 Å². The zero-order chi connectivity index (χ0) is 19.4. The Hall–Kier alpha value is -1.57. The molecule has 144 valence electrons. The number of halogens is 2. The molecule has 0 bridgehead atoms. The highest BCUT2D eigenvalue weighted by molar-refractivity contribution is 8.02. The largest absolute Gasteiger partial charge is 0.350 e. The predicted molar refractivity (Wildman–Crippen MR) is 109 cm³/mol. The number of fused-ring (bicyclic) bond motifs is 1. The Balaban J connectivity index is 1.65. The van der Waals surface area contributed by atoms with E-state index in [1.54, 1.807) is 16.2 Å². The number of hydrogen-bond acceptors (Lipinski definition) is 4. The third kappa shape index (κ3) is 5.03. The second kappa shape index (κ2) is 9.08. The lowest BCUT2D eigenvalue weighted by molar-refractivity contribution is -0.123. The molecule has 1 aromatic carbocycles. The quantitative estimate of drug-likeness (QED) is 0.701. The number of thioether (sulfide) groups is 1. The Morgan fingerprint density at radius 3 is 2.93 bits per heavy atom. The minimum absolute atomic E-state index is 0.0326. The van der Waals surface area contributed by atoms with Crippen molar-refractivity contribution in [3.8, 4) is 0 Å². The van der Waals surface area contributed by atoms with E-state index in [1.807, 2.05) is 6.07 Å². The van der Waals surface area contributed by atoms with E-state index in [0.29, 0.717) is 11.3 Å². The van der Waals surface area contributed by atoms with Crippen LogP contribution in [0.3, 0.4) is 0 Å². The van der Waals surface area contributed by atoms with Gasteiger partial charge in [-0.05, 0) is 36.6 Å². The van der Waals surface area contributed by atoms with Crippen molar-refractivity contribution in [2.45, 2.75) is 36.9 Å². The summed E-state index contributed by atoms with van der Waals surface area (Å²) in [5.41, 5.74) is 1.47. The first-order valence-corrected chi connectivity index (χ1v) is 10.9. The van der Waals surface area contributed by atoms with Gasteiger partial charge in [0.25, 0.3) is 0 Å². The van der Waals surface area contributed by atoms with Gasteiger partial charge in [0.2, 0.25) is 11.8 Å². The summed E-state index contributed by atoms with van der Waals surface area (Å²) in [7, 11) is 0. The van der Waals surface area contributed by atoms with Crippen molar-refractivity contribution < 1.29 is 14.0 Å². The number of nitrogens with one attached hydrogen (secondary N) is 1. The van der Waals surface area contributed by atoms with Gasteiger partial charge in [-0.15, -0.1) is 23.1 Å². The molecular formula is C19H20ClFN2O2S2. The van der Waals surface area contributed by atoms with E-state index >= 15 is 0 Å². The maximum atomic E-state index is 13.1. The van der Waals surface area contributed by atoms with Gasteiger partial charge >= 0.3 is 0 Å². The molecule has 0 spiro atoms. The minimum Gasteiger partial charge on any atom is -0.350 e. The van der Waals surface area contributed by atoms with E-state index in [1.165, 1.54) is 34.8 Å². The number of aryl methyl sites for hydroxylation is 1. The summed E-state index contributed by atoms with van der Waals surface area (Å²) in [5.74, 6) is -0.418. The molecule has 0 fully saturated rings. The molecule has 1 aliphatic heterocycles. The topological polar surface area (TPSA) is 49.4 Å². The van der Waals surface area contributed by atoms with Crippen LogP contribution in [0.15, 0.2) is 28.5 Å². The van der Waals surface area contributed by atoms with Crippen molar-refractivity contribution in [2.24, 2.45) is 0 Å². The third-order valence-corrected chi connectivity index (χ3v) is 7.02. The van der Waals surface area contributed by atoms with Gasteiger partial charge in [0.15, 0.2) is 0 Å². The highest BCUT2D eigenvalue weighted by atomic mass is 35.5. The molecule has 0 unspecified atom stereocenters. The Labute approximate surface area is 171 Å². The second-order valence-electron chi connectivity index (χ2n) is 6.27. The van der Waals surface area contributed by atoms with Crippen LogP contribution in [0.5, 0.6) is 0 Å². The Kier molecular flexibility index (Phi) is 6.78. The van der Waals surface area contributed by atoms with Gasteiger partial charge in [-0.2, -0.15) is 0 Å². The number of carbonyl (C=O) groups is 2. The van der Waals surface area contributed by atoms with Crippen LogP contribution in [0, 0.1) is 5.82 Å². The SMILES string of the molecule is CCCCc1cc2c(s1)SCC(=O)N2CC(=O)NCc1ccc(F)cc1Cl. The Morgan fingerprint density at radius 2 is 2.19 bits per heavy atom. The maximum Gasteiger partial charge on any atom is 0.240 e. The average molecular weight is 427 g/mol. The normalized spacial score (nSPS) is 13.6. The van der Waals surface area contributed by atoms with E-state index < -0.39 is 5.82 Å². The summed E-state index contributed by atoms with van der Waals surface area (Å²) >= 11 is 9.23. The third-order valence-electron chi connectivity index (χ3n) is 4.22. The lowest BCUT2D eigenvalue weighted by atomic mass is 10.2. The summed E-state index contributed by atoms with van der Waals surface area (Å²) < 4.78 is 14.2. The monoisotopic (exact) mass is 426 g/mol. The van der Waals surface area contributed by atoms with Gasteiger partial charge < -0.3 is 10.2 Å². The molecule has 2 heterocycles. The van der Waals surface area contributed by atoms with Gasteiger partial charge in [0.05, 0.1) is 15.6 Å². The molecule has 1 aromatic heterocycles. The molecule has 2 amide bonds. The van der Waals surface area contributed by atoms with Gasteiger partial charge in [-0.3, -0.25) is 9.59 Å². The lowest BCUT2D eigenvalue weighted by Crippen LogP contribution is -2.42. The predicted octanol–water partition coefficient (Wildman–Crippen LogP) is 4.64. The molecule has 3 rings (SSSR count). The number of anilines is 1. The lowest BCUT2D eigenvalue weighted by Gasteiger charge is -2.26. The van der Waals surface area contributed by atoms with Crippen molar-refractivity contribution >= 4 is 52.2 Å². The first-order chi connectivity index (χ1) is 13.0. The van der Waals surface area contributed by atoms with E-state index in [0.717, 1.165) is 29.2 Å².